The molecule has 0 fully saturated rings. The number of ether oxygens (including phenoxy) is 2. The number of aliphatic hydroxyl groups is 1. The van der Waals surface area contributed by atoms with Gasteiger partial charge in [-0.15, -0.1) is 0 Å². The molecule has 0 bridgehead atoms. The first-order valence-corrected chi connectivity index (χ1v) is 6.44. The Bertz CT molecular complexity index is 351. The Labute approximate surface area is 109 Å². The molecule has 18 heavy (non-hydrogen) atoms. The second-order valence-electron chi connectivity index (χ2n) is 4.12. The van der Waals surface area contributed by atoms with Gasteiger partial charge in [-0.25, -0.2) is 0 Å². The largest absolute Gasteiger partial charge is 0.494 e. The van der Waals surface area contributed by atoms with Crippen molar-refractivity contribution in [2.45, 2.75) is 20.3 Å². The van der Waals surface area contributed by atoms with Gasteiger partial charge in [0, 0.05) is 6.61 Å². The van der Waals surface area contributed by atoms with E-state index in [-0.39, 0.29) is 12.5 Å². The number of rotatable bonds is 8. The van der Waals surface area contributed by atoms with E-state index in [0.717, 1.165) is 17.1 Å². The first-order valence-electron chi connectivity index (χ1n) is 6.44. The van der Waals surface area contributed by atoms with Gasteiger partial charge in [0.2, 0.25) is 0 Å². The van der Waals surface area contributed by atoms with Crippen LogP contribution in [0.4, 0.5) is 0 Å². The third-order valence-corrected chi connectivity index (χ3v) is 2.74. The molecular weight excluding hydrogens is 230 g/mol. The molecule has 1 aromatic rings. The molecule has 0 radical (unpaired) electrons. The molecule has 1 rings (SSSR count). The molecule has 4 nitrogen and oxygen atoms in total. The van der Waals surface area contributed by atoms with Gasteiger partial charge in [0.1, 0.15) is 11.5 Å². The highest BCUT2D eigenvalue weighted by molar-refractivity contribution is 5.40. The Morgan fingerprint density at radius 2 is 1.94 bits per heavy atom. The molecule has 0 aliphatic heterocycles. The molecule has 0 aliphatic rings. The van der Waals surface area contributed by atoms with Crippen molar-refractivity contribution in [3.05, 3.63) is 23.8 Å². The van der Waals surface area contributed by atoms with Gasteiger partial charge >= 0.3 is 0 Å². The predicted molar refractivity (Wildman–Crippen MR) is 72.1 cm³/mol. The molecule has 3 N–H and O–H groups in total. The molecule has 102 valence electrons. The summed E-state index contributed by atoms with van der Waals surface area (Å²) >= 11 is 0. The second-order valence-corrected chi connectivity index (χ2v) is 4.12. The van der Waals surface area contributed by atoms with E-state index in [4.69, 9.17) is 15.2 Å². The summed E-state index contributed by atoms with van der Waals surface area (Å²) in [5.41, 5.74) is 6.65. The van der Waals surface area contributed by atoms with Crippen molar-refractivity contribution in [1.82, 2.24) is 0 Å². The molecule has 1 atom stereocenters. The fraction of sp³-hybridized carbons (Fsp3) is 0.571. The lowest BCUT2D eigenvalue weighted by Crippen LogP contribution is -2.20. The Morgan fingerprint density at radius 1 is 1.22 bits per heavy atom. The molecular formula is C14H23NO3. The zero-order valence-corrected chi connectivity index (χ0v) is 11.2. The lowest BCUT2D eigenvalue weighted by atomic mass is 9.99. The Kier molecular flexibility index (Phi) is 6.54. The number of nitrogens with two attached hydrogens (primary N) is 1. The topological polar surface area (TPSA) is 64.7 Å². The minimum atomic E-state index is 0.0566. The number of benzene rings is 1. The predicted octanol–water partition coefficient (Wildman–Crippen LogP) is 1.59. The van der Waals surface area contributed by atoms with E-state index in [9.17, 15) is 5.11 Å². The van der Waals surface area contributed by atoms with Crippen LogP contribution < -0.4 is 15.2 Å². The van der Waals surface area contributed by atoms with Crippen LogP contribution in [0.25, 0.3) is 0 Å². The highest BCUT2D eigenvalue weighted by atomic mass is 16.5. The van der Waals surface area contributed by atoms with E-state index in [0.29, 0.717) is 26.2 Å². The van der Waals surface area contributed by atoms with Gasteiger partial charge in [0.25, 0.3) is 0 Å². The van der Waals surface area contributed by atoms with Gasteiger partial charge in [0.15, 0.2) is 0 Å². The molecule has 1 aromatic carbocycles. The monoisotopic (exact) mass is 253 g/mol. The summed E-state index contributed by atoms with van der Waals surface area (Å²) in [6.45, 7) is 5.70. The van der Waals surface area contributed by atoms with Crippen LogP contribution in [0, 0.1) is 5.92 Å². The molecule has 0 spiro atoms. The van der Waals surface area contributed by atoms with E-state index in [2.05, 4.69) is 0 Å². The van der Waals surface area contributed by atoms with Gasteiger partial charge in [0.05, 0.1) is 13.2 Å². The van der Waals surface area contributed by atoms with Gasteiger partial charge in [-0.1, -0.05) is 0 Å². The molecule has 0 saturated heterocycles. The Balaban J connectivity index is 2.91. The zero-order chi connectivity index (χ0) is 13.4. The van der Waals surface area contributed by atoms with Crippen molar-refractivity contribution >= 4 is 0 Å². The molecule has 4 heteroatoms. The van der Waals surface area contributed by atoms with Crippen LogP contribution in [0.3, 0.4) is 0 Å². The van der Waals surface area contributed by atoms with Crippen LogP contribution >= 0.6 is 0 Å². The summed E-state index contributed by atoms with van der Waals surface area (Å²) in [4.78, 5) is 0. The number of aliphatic hydroxyl groups excluding tert-OH is 1. The van der Waals surface area contributed by atoms with Crippen molar-refractivity contribution in [2.75, 3.05) is 26.4 Å². The van der Waals surface area contributed by atoms with Gasteiger partial charge in [-0.2, -0.15) is 0 Å². The van der Waals surface area contributed by atoms with Crippen LogP contribution in [0.2, 0.25) is 0 Å². The minimum Gasteiger partial charge on any atom is -0.494 e. The van der Waals surface area contributed by atoms with Crippen molar-refractivity contribution < 1.29 is 14.6 Å². The minimum absolute atomic E-state index is 0.0566. The highest BCUT2D eigenvalue weighted by Gasteiger charge is 2.12. The smallest absolute Gasteiger partial charge is 0.122 e. The fourth-order valence-electron chi connectivity index (χ4n) is 1.80. The summed E-state index contributed by atoms with van der Waals surface area (Å²) in [5, 5.41) is 9.23. The Morgan fingerprint density at radius 3 is 2.50 bits per heavy atom. The van der Waals surface area contributed by atoms with Crippen LogP contribution in [0.5, 0.6) is 11.5 Å². The van der Waals surface area contributed by atoms with Crippen molar-refractivity contribution in [2.24, 2.45) is 11.7 Å². The number of hydrogen-bond donors (Lipinski definition) is 2. The third-order valence-electron chi connectivity index (χ3n) is 2.74. The fourth-order valence-corrected chi connectivity index (χ4v) is 1.80. The van der Waals surface area contributed by atoms with Crippen molar-refractivity contribution in [1.29, 1.82) is 0 Å². The van der Waals surface area contributed by atoms with Gasteiger partial charge in [-0.05, 0) is 56.5 Å². The summed E-state index contributed by atoms with van der Waals surface area (Å²) in [6.07, 6.45) is 0.698. The normalized spacial score (nSPS) is 12.2. The standard InChI is InChI=1S/C14H23NO3/c1-3-17-13-5-6-14(18-4-2)12(8-13)7-11(9-15)10-16/h5-6,8,11,16H,3-4,7,9-10,15H2,1-2H3. The lowest BCUT2D eigenvalue weighted by Gasteiger charge is -2.16. The summed E-state index contributed by atoms with van der Waals surface area (Å²) in [5.74, 6) is 1.72. The average molecular weight is 253 g/mol. The quantitative estimate of drug-likeness (QED) is 0.738. The maximum Gasteiger partial charge on any atom is 0.122 e. The van der Waals surface area contributed by atoms with E-state index in [1.165, 1.54) is 0 Å². The summed E-state index contributed by atoms with van der Waals surface area (Å²) in [6, 6.07) is 5.77. The highest BCUT2D eigenvalue weighted by Crippen LogP contribution is 2.26. The second kappa shape index (κ2) is 7.95. The van der Waals surface area contributed by atoms with Crippen molar-refractivity contribution in [3.63, 3.8) is 0 Å². The van der Waals surface area contributed by atoms with Crippen LogP contribution in [0.15, 0.2) is 18.2 Å². The van der Waals surface area contributed by atoms with Gasteiger partial charge in [-0.3, -0.25) is 0 Å². The Hall–Kier alpha value is -1.26. The van der Waals surface area contributed by atoms with Crippen molar-refractivity contribution in [3.8, 4) is 11.5 Å². The average Bonchev–Trinajstić information content (AvgIpc) is 2.39. The number of hydrogen-bond acceptors (Lipinski definition) is 4. The van der Waals surface area contributed by atoms with E-state index >= 15 is 0 Å². The maximum absolute atomic E-state index is 9.23. The molecule has 0 heterocycles. The van der Waals surface area contributed by atoms with E-state index in [1.54, 1.807) is 0 Å². The lowest BCUT2D eigenvalue weighted by molar-refractivity contribution is 0.228. The maximum atomic E-state index is 9.23. The molecule has 0 aromatic heterocycles. The van der Waals surface area contributed by atoms with Crippen LogP contribution in [0.1, 0.15) is 19.4 Å². The molecule has 0 aliphatic carbocycles. The van der Waals surface area contributed by atoms with E-state index < -0.39 is 0 Å². The van der Waals surface area contributed by atoms with Gasteiger partial charge < -0.3 is 20.3 Å². The van der Waals surface area contributed by atoms with E-state index in [1.807, 2.05) is 32.0 Å². The molecule has 1 unspecified atom stereocenters. The SMILES string of the molecule is CCOc1ccc(OCC)c(CC(CN)CO)c1. The summed E-state index contributed by atoms with van der Waals surface area (Å²) in [7, 11) is 0. The molecule has 0 saturated carbocycles. The first-order chi connectivity index (χ1) is 8.74. The summed E-state index contributed by atoms with van der Waals surface area (Å²) < 4.78 is 11.1. The third kappa shape index (κ3) is 4.20. The first kappa shape index (κ1) is 14.8. The van der Waals surface area contributed by atoms with Crippen LogP contribution in [-0.2, 0) is 6.42 Å². The zero-order valence-electron chi connectivity index (χ0n) is 11.2. The van der Waals surface area contributed by atoms with Crippen LogP contribution in [-0.4, -0.2) is 31.5 Å². The molecule has 0 amide bonds.